The highest BCUT2D eigenvalue weighted by Crippen LogP contribution is 2.55. The fraction of sp³-hybridized carbons (Fsp3) is 0.364. The summed E-state index contributed by atoms with van der Waals surface area (Å²) in [4.78, 5) is 20.1. The zero-order valence-electron chi connectivity index (χ0n) is 16.5. The number of nitrogens with one attached hydrogen (secondary N) is 2. The van der Waals surface area contributed by atoms with Gasteiger partial charge in [0, 0.05) is 41.9 Å². The van der Waals surface area contributed by atoms with Crippen molar-refractivity contribution in [1.82, 2.24) is 19.6 Å². The Balaban J connectivity index is 1.30. The number of carbonyl (C=O) groups is 1. The maximum Gasteiger partial charge on any atom is 0.267 e. The summed E-state index contributed by atoms with van der Waals surface area (Å²) in [6.07, 6.45) is 6.91. The van der Waals surface area contributed by atoms with Gasteiger partial charge in [-0.3, -0.25) is 9.78 Å². The van der Waals surface area contributed by atoms with E-state index in [1.165, 1.54) is 0 Å². The van der Waals surface area contributed by atoms with E-state index in [2.05, 4.69) is 15.3 Å². The van der Waals surface area contributed by atoms with Crippen molar-refractivity contribution in [3.8, 4) is 0 Å². The van der Waals surface area contributed by atoms with Gasteiger partial charge in [0.1, 0.15) is 5.69 Å². The van der Waals surface area contributed by atoms with E-state index >= 15 is 0 Å². The van der Waals surface area contributed by atoms with Crippen LogP contribution in [0.5, 0.6) is 0 Å². The first-order valence-electron chi connectivity index (χ1n) is 10.3. The number of fused-ring (bicyclic) bond motifs is 1. The Kier molecular flexibility index (Phi) is 4.63. The number of piperidine rings is 1. The van der Waals surface area contributed by atoms with Gasteiger partial charge in [0.05, 0.1) is 4.90 Å². The number of hydrogen-bond acceptors (Lipinski definition) is 4. The molecule has 1 spiro atoms. The molecule has 2 fully saturated rings. The van der Waals surface area contributed by atoms with Gasteiger partial charge in [-0.25, -0.2) is 8.42 Å². The molecule has 156 valence electrons. The lowest BCUT2D eigenvalue weighted by Crippen LogP contribution is -2.47. The molecule has 2 unspecified atom stereocenters. The normalized spacial score (nSPS) is 24.2. The molecule has 2 atom stereocenters. The van der Waals surface area contributed by atoms with Crippen molar-refractivity contribution in [2.75, 3.05) is 13.1 Å². The van der Waals surface area contributed by atoms with Crippen LogP contribution in [-0.4, -0.2) is 47.2 Å². The van der Waals surface area contributed by atoms with Gasteiger partial charge in [-0.2, -0.15) is 4.31 Å². The van der Waals surface area contributed by atoms with Gasteiger partial charge >= 0.3 is 0 Å². The molecule has 1 aromatic carbocycles. The largest absolute Gasteiger partial charge is 0.350 e. The minimum Gasteiger partial charge on any atom is -0.350 e. The van der Waals surface area contributed by atoms with Crippen molar-refractivity contribution in [3.63, 3.8) is 0 Å². The number of pyridine rings is 1. The van der Waals surface area contributed by atoms with E-state index < -0.39 is 10.0 Å². The molecule has 30 heavy (non-hydrogen) atoms. The lowest BCUT2D eigenvalue weighted by molar-refractivity contribution is 0.0944. The van der Waals surface area contributed by atoms with Crippen LogP contribution in [-0.2, 0) is 10.0 Å². The van der Waals surface area contributed by atoms with Gasteiger partial charge in [-0.05, 0) is 49.4 Å². The molecule has 5 rings (SSSR count). The van der Waals surface area contributed by atoms with Crippen LogP contribution in [0.2, 0.25) is 0 Å². The highest BCUT2D eigenvalue weighted by Gasteiger charge is 2.61. The molecule has 1 amide bonds. The highest BCUT2D eigenvalue weighted by atomic mass is 32.2. The quantitative estimate of drug-likeness (QED) is 0.658. The van der Waals surface area contributed by atoms with Crippen molar-refractivity contribution in [2.45, 2.75) is 36.1 Å². The first kappa shape index (κ1) is 19.3. The molecule has 3 heterocycles. The predicted octanol–water partition coefficient (Wildman–Crippen LogP) is 2.93. The van der Waals surface area contributed by atoms with E-state index in [9.17, 15) is 13.2 Å². The number of amides is 1. The minimum atomic E-state index is -3.54. The van der Waals surface area contributed by atoms with Crippen LogP contribution >= 0.6 is 0 Å². The Bertz CT molecular complexity index is 1160. The van der Waals surface area contributed by atoms with Gasteiger partial charge in [-0.1, -0.05) is 24.6 Å². The number of nitrogens with zero attached hydrogens (tertiary/aromatic N) is 2. The van der Waals surface area contributed by atoms with Crippen molar-refractivity contribution >= 4 is 26.8 Å². The summed E-state index contributed by atoms with van der Waals surface area (Å²) >= 11 is 0. The second-order valence-corrected chi connectivity index (χ2v) is 10.1. The van der Waals surface area contributed by atoms with Gasteiger partial charge in [0.15, 0.2) is 0 Å². The monoisotopic (exact) mass is 424 g/mol. The van der Waals surface area contributed by atoms with Crippen molar-refractivity contribution in [2.24, 2.45) is 5.92 Å². The van der Waals surface area contributed by atoms with Crippen molar-refractivity contribution in [1.29, 1.82) is 0 Å². The van der Waals surface area contributed by atoms with Crippen LogP contribution in [0.1, 0.15) is 36.2 Å². The zero-order chi connectivity index (χ0) is 20.8. The SMILES string of the molecule is O=C(NCC1CC12CCCCN2S(=O)(=O)c1ccccc1)c1cc2cnccc2[nH]1. The van der Waals surface area contributed by atoms with E-state index in [4.69, 9.17) is 0 Å². The van der Waals surface area contributed by atoms with Gasteiger partial charge in [0.2, 0.25) is 10.0 Å². The summed E-state index contributed by atoms with van der Waals surface area (Å²) in [5.41, 5.74) is 0.987. The van der Waals surface area contributed by atoms with E-state index in [1.807, 2.05) is 12.1 Å². The molecule has 0 bridgehead atoms. The molecule has 2 aromatic heterocycles. The fourth-order valence-electron chi connectivity index (χ4n) is 4.76. The summed E-state index contributed by atoms with van der Waals surface area (Å²) in [7, 11) is -3.54. The second-order valence-electron chi connectivity index (χ2n) is 8.21. The van der Waals surface area contributed by atoms with E-state index in [0.717, 1.165) is 36.6 Å². The molecule has 2 aliphatic rings. The highest BCUT2D eigenvalue weighted by molar-refractivity contribution is 7.89. The second kappa shape index (κ2) is 7.21. The number of rotatable bonds is 5. The standard InChI is InChI=1S/C22H24N4O3S/c27-21(20-12-16-14-23-10-8-19(16)25-20)24-15-17-13-22(17)9-4-5-11-26(22)30(28,29)18-6-2-1-3-7-18/h1-3,6-8,10,12,14,17,25H,4-5,9,11,13,15H2,(H,24,27). The van der Waals surface area contributed by atoms with Gasteiger partial charge in [0.25, 0.3) is 5.91 Å². The van der Waals surface area contributed by atoms with E-state index in [0.29, 0.717) is 23.7 Å². The molecular formula is C22H24N4O3S. The summed E-state index contributed by atoms with van der Waals surface area (Å²) in [5.74, 6) is -0.0483. The zero-order valence-corrected chi connectivity index (χ0v) is 17.4. The average Bonchev–Trinajstić information content (AvgIpc) is 3.25. The molecular weight excluding hydrogens is 400 g/mol. The Morgan fingerprint density at radius 1 is 1.23 bits per heavy atom. The Morgan fingerprint density at radius 2 is 2.07 bits per heavy atom. The van der Waals surface area contributed by atoms with Crippen LogP contribution in [0.4, 0.5) is 0 Å². The predicted molar refractivity (Wildman–Crippen MR) is 113 cm³/mol. The maximum absolute atomic E-state index is 13.3. The van der Waals surface area contributed by atoms with E-state index in [1.54, 1.807) is 47.0 Å². The number of benzene rings is 1. The third-order valence-electron chi connectivity index (χ3n) is 6.42. The maximum atomic E-state index is 13.3. The van der Waals surface area contributed by atoms with Crippen LogP contribution in [0, 0.1) is 5.92 Å². The fourth-order valence-corrected chi connectivity index (χ4v) is 6.68. The third-order valence-corrected chi connectivity index (χ3v) is 8.42. The van der Waals surface area contributed by atoms with Crippen LogP contribution in [0.25, 0.3) is 10.9 Å². The Labute approximate surface area is 175 Å². The number of hydrogen-bond donors (Lipinski definition) is 2. The van der Waals surface area contributed by atoms with Gasteiger partial charge in [-0.15, -0.1) is 0 Å². The number of aromatic amines is 1. The minimum absolute atomic E-state index is 0.131. The third kappa shape index (κ3) is 3.20. The molecule has 1 saturated carbocycles. The molecule has 7 nitrogen and oxygen atoms in total. The molecule has 1 aliphatic carbocycles. The van der Waals surface area contributed by atoms with Crippen molar-refractivity contribution in [3.05, 3.63) is 60.6 Å². The first-order valence-corrected chi connectivity index (χ1v) is 11.7. The van der Waals surface area contributed by atoms with Crippen LogP contribution < -0.4 is 5.32 Å². The van der Waals surface area contributed by atoms with Gasteiger partial charge < -0.3 is 10.3 Å². The molecule has 1 aliphatic heterocycles. The lowest BCUT2D eigenvalue weighted by atomic mass is 10.0. The first-order chi connectivity index (χ1) is 14.5. The molecule has 8 heteroatoms. The topological polar surface area (TPSA) is 95.2 Å². The molecule has 2 N–H and O–H groups in total. The number of carbonyl (C=O) groups excluding carboxylic acids is 1. The number of sulfonamides is 1. The Morgan fingerprint density at radius 3 is 2.87 bits per heavy atom. The summed E-state index contributed by atoms with van der Waals surface area (Å²) in [6.45, 7) is 1.00. The van der Waals surface area contributed by atoms with Crippen LogP contribution in [0.15, 0.2) is 59.8 Å². The summed E-state index contributed by atoms with van der Waals surface area (Å²) < 4.78 is 28.2. The molecule has 0 radical (unpaired) electrons. The Hall–Kier alpha value is -2.71. The van der Waals surface area contributed by atoms with Crippen LogP contribution in [0.3, 0.4) is 0 Å². The van der Waals surface area contributed by atoms with Crippen molar-refractivity contribution < 1.29 is 13.2 Å². The summed E-state index contributed by atoms with van der Waals surface area (Å²) in [5, 5.41) is 3.88. The smallest absolute Gasteiger partial charge is 0.267 e. The molecule has 1 saturated heterocycles. The summed E-state index contributed by atoms with van der Waals surface area (Å²) in [6, 6.07) is 12.3. The molecule has 3 aromatic rings. The lowest BCUT2D eigenvalue weighted by Gasteiger charge is -2.36. The average molecular weight is 425 g/mol. The number of H-pyrrole nitrogens is 1. The number of aromatic nitrogens is 2. The van der Waals surface area contributed by atoms with E-state index in [-0.39, 0.29) is 17.4 Å².